The molecule has 1 aromatic carbocycles. The number of benzene rings is 1. The van der Waals surface area contributed by atoms with Crippen molar-refractivity contribution in [3.05, 3.63) is 53.7 Å². The third kappa shape index (κ3) is 4.76. The molecule has 28 heavy (non-hydrogen) atoms. The molecule has 8 heteroatoms. The van der Waals surface area contributed by atoms with Gasteiger partial charge < -0.3 is 14.5 Å². The highest BCUT2D eigenvalue weighted by Gasteiger charge is 2.27. The summed E-state index contributed by atoms with van der Waals surface area (Å²) in [5.74, 6) is -0.805. The van der Waals surface area contributed by atoms with Crippen molar-refractivity contribution in [1.82, 2.24) is 9.80 Å². The van der Waals surface area contributed by atoms with Gasteiger partial charge in [0.05, 0.1) is 19.4 Å². The van der Waals surface area contributed by atoms with E-state index in [0.29, 0.717) is 25.3 Å². The quantitative estimate of drug-likeness (QED) is 0.765. The van der Waals surface area contributed by atoms with Crippen LogP contribution in [-0.4, -0.2) is 61.0 Å². The third-order valence-corrected chi connectivity index (χ3v) is 4.94. The number of ether oxygens (including phenoxy) is 1. The van der Waals surface area contributed by atoms with Crippen LogP contribution in [0.4, 0.5) is 10.1 Å². The van der Waals surface area contributed by atoms with Crippen LogP contribution < -0.4 is 5.32 Å². The minimum atomic E-state index is -0.485. The largest absolute Gasteiger partial charge is 0.463 e. The van der Waals surface area contributed by atoms with Gasteiger partial charge in [-0.15, -0.1) is 0 Å². The Bertz CT molecular complexity index is 830. The van der Waals surface area contributed by atoms with Gasteiger partial charge in [0.2, 0.25) is 11.7 Å². The highest BCUT2D eigenvalue weighted by Crippen LogP contribution is 2.17. The van der Waals surface area contributed by atoms with E-state index in [1.807, 2.05) is 6.92 Å². The number of halogens is 1. The summed E-state index contributed by atoms with van der Waals surface area (Å²) in [4.78, 5) is 28.5. The fraction of sp³-hybridized carbons (Fsp3) is 0.400. The molecule has 1 unspecified atom stereocenters. The molecule has 1 amide bonds. The second-order valence-electron chi connectivity index (χ2n) is 6.75. The number of nitrogens with zero attached hydrogens (tertiary/aromatic N) is 2. The first kappa shape index (κ1) is 20.0. The predicted octanol–water partition coefficient (Wildman–Crippen LogP) is 2.35. The highest BCUT2D eigenvalue weighted by atomic mass is 19.1. The Kier molecular flexibility index (Phi) is 6.43. The van der Waals surface area contributed by atoms with E-state index in [9.17, 15) is 14.0 Å². The van der Waals surface area contributed by atoms with Crippen LogP contribution in [0.25, 0.3) is 0 Å². The van der Waals surface area contributed by atoms with E-state index in [1.54, 1.807) is 18.2 Å². The number of methoxy groups -OCH3 is 1. The standard InChI is InChI=1S/C20H24FN3O4/c1-14(19(25)22-17-5-3-4-16(21)12-17)24-9-7-23(8-10-24)13-15-6-11-28-18(15)20(26)27-2/h3-6,11-12,14H,7-10,13H2,1-2H3,(H,22,25). The van der Waals surface area contributed by atoms with Crippen molar-refractivity contribution >= 4 is 17.6 Å². The van der Waals surface area contributed by atoms with E-state index >= 15 is 0 Å². The van der Waals surface area contributed by atoms with Gasteiger partial charge >= 0.3 is 5.97 Å². The Hall–Kier alpha value is -2.71. The first-order valence-corrected chi connectivity index (χ1v) is 9.15. The van der Waals surface area contributed by atoms with Crippen LogP contribution in [0.15, 0.2) is 41.0 Å². The molecule has 150 valence electrons. The highest BCUT2D eigenvalue weighted by molar-refractivity contribution is 5.94. The lowest BCUT2D eigenvalue weighted by molar-refractivity contribution is -0.121. The molecular weight excluding hydrogens is 365 g/mol. The summed E-state index contributed by atoms with van der Waals surface area (Å²) in [6, 6.07) is 7.30. The average molecular weight is 389 g/mol. The Balaban J connectivity index is 1.51. The zero-order valence-corrected chi connectivity index (χ0v) is 16.0. The summed E-state index contributed by atoms with van der Waals surface area (Å²) in [6.45, 7) is 5.35. The van der Waals surface area contributed by atoms with Crippen molar-refractivity contribution in [2.24, 2.45) is 0 Å². The van der Waals surface area contributed by atoms with Gasteiger partial charge in [-0.1, -0.05) is 6.07 Å². The number of carbonyl (C=O) groups is 2. The Morgan fingerprint density at radius 3 is 2.68 bits per heavy atom. The molecule has 1 aromatic heterocycles. The molecule has 2 heterocycles. The molecule has 0 aliphatic carbocycles. The van der Waals surface area contributed by atoms with Crippen molar-refractivity contribution in [2.45, 2.75) is 19.5 Å². The molecule has 3 rings (SSSR count). The van der Waals surface area contributed by atoms with Crippen LogP contribution in [0.2, 0.25) is 0 Å². The molecule has 1 fully saturated rings. The molecule has 0 radical (unpaired) electrons. The van der Waals surface area contributed by atoms with Crippen LogP contribution in [-0.2, 0) is 16.1 Å². The first-order chi connectivity index (χ1) is 13.5. The van der Waals surface area contributed by atoms with E-state index < -0.39 is 5.97 Å². The van der Waals surface area contributed by atoms with Crippen LogP contribution in [0.5, 0.6) is 0 Å². The lowest BCUT2D eigenvalue weighted by Crippen LogP contribution is -2.52. The molecule has 1 N–H and O–H groups in total. The minimum absolute atomic E-state index is 0.165. The Morgan fingerprint density at radius 2 is 2.00 bits per heavy atom. The molecule has 0 saturated carbocycles. The van der Waals surface area contributed by atoms with Gasteiger partial charge in [0.1, 0.15) is 5.82 Å². The van der Waals surface area contributed by atoms with Crippen LogP contribution in [0.1, 0.15) is 23.0 Å². The number of nitrogens with one attached hydrogen (secondary N) is 1. The molecule has 1 aliphatic heterocycles. The van der Waals surface area contributed by atoms with E-state index in [-0.39, 0.29) is 23.5 Å². The maximum atomic E-state index is 13.3. The van der Waals surface area contributed by atoms with Crippen molar-refractivity contribution < 1.29 is 23.1 Å². The van der Waals surface area contributed by atoms with Crippen LogP contribution >= 0.6 is 0 Å². The molecule has 7 nitrogen and oxygen atoms in total. The Labute approximate surface area is 163 Å². The fourth-order valence-corrected chi connectivity index (χ4v) is 3.26. The van der Waals surface area contributed by atoms with Gasteiger partial charge in [0.15, 0.2) is 0 Å². The summed E-state index contributed by atoms with van der Waals surface area (Å²) in [5, 5.41) is 2.76. The van der Waals surface area contributed by atoms with Crippen molar-refractivity contribution in [1.29, 1.82) is 0 Å². The van der Waals surface area contributed by atoms with E-state index in [4.69, 9.17) is 9.15 Å². The zero-order valence-electron chi connectivity index (χ0n) is 16.0. The topological polar surface area (TPSA) is 75.0 Å². The average Bonchev–Trinajstić information content (AvgIpc) is 3.15. The maximum absolute atomic E-state index is 13.3. The van der Waals surface area contributed by atoms with Crippen molar-refractivity contribution in [3.63, 3.8) is 0 Å². The second kappa shape index (κ2) is 8.99. The summed E-state index contributed by atoms with van der Waals surface area (Å²) in [6.07, 6.45) is 1.48. The number of hydrogen-bond donors (Lipinski definition) is 1. The number of furan rings is 1. The first-order valence-electron chi connectivity index (χ1n) is 9.15. The molecule has 1 saturated heterocycles. The Morgan fingerprint density at radius 1 is 1.25 bits per heavy atom. The second-order valence-corrected chi connectivity index (χ2v) is 6.75. The number of hydrogen-bond acceptors (Lipinski definition) is 6. The minimum Gasteiger partial charge on any atom is -0.463 e. The molecular formula is C20H24FN3O4. The molecule has 1 atom stereocenters. The number of esters is 1. The van der Waals surface area contributed by atoms with E-state index in [0.717, 1.165) is 18.7 Å². The normalized spacial score (nSPS) is 16.5. The monoisotopic (exact) mass is 389 g/mol. The lowest BCUT2D eigenvalue weighted by atomic mass is 10.1. The number of anilines is 1. The van der Waals surface area contributed by atoms with Crippen molar-refractivity contribution in [3.8, 4) is 0 Å². The molecule has 2 aromatic rings. The molecule has 1 aliphatic rings. The number of carbonyl (C=O) groups excluding carboxylic acids is 2. The summed E-state index contributed by atoms with van der Waals surface area (Å²) < 4.78 is 23.2. The summed E-state index contributed by atoms with van der Waals surface area (Å²) >= 11 is 0. The third-order valence-electron chi connectivity index (χ3n) is 4.94. The summed E-state index contributed by atoms with van der Waals surface area (Å²) in [7, 11) is 1.32. The predicted molar refractivity (Wildman–Crippen MR) is 101 cm³/mol. The van der Waals surface area contributed by atoms with Crippen molar-refractivity contribution in [2.75, 3.05) is 38.6 Å². The van der Waals surface area contributed by atoms with Gasteiger partial charge in [0.25, 0.3) is 0 Å². The van der Waals surface area contributed by atoms with Gasteiger partial charge in [-0.2, -0.15) is 0 Å². The smallest absolute Gasteiger partial charge is 0.374 e. The van der Waals surface area contributed by atoms with Gasteiger partial charge in [-0.25, -0.2) is 9.18 Å². The van der Waals surface area contributed by atoms with E-state index in [1.165, 1.54) is 25.5 Å². The van der Waals surface area contributed by atoms with Crippen LogP contribution in [0.3, 0.4) is 0 Å². The molecule has 0 bridgehead atoms. The number of piperazine rings is 1. The number of rotatable bonds is 6. The van der Waals surface area contributed by atoms with Gasteiger partial charge in [-0.05, 0) is 31.2 Å². The molecule has 0 spiro atoms. The SMILES string of the molecule is COC(=O)c1occc1CN1CCN(C(C)C(=O)Nc2cccc(F)c2)CC1. The maximum Gasteiger partial charge on any atom is 0.374 e. The zero-order chi connectivity index (χ0) is 20.1. The van der Waals surface area contributed by atoms with Gasteiger partial charge in [-0.3, -0.25) is 14.6 Å². The lowest BCUT2D eigenvalue weighted by Gasteiger charge is -2.37. The summed E-state index contributed by atoms with van der Waals surface area (Å²) in [5.41, 5.74) is 1.24. The van der Waals surface area contributed by atoms with Gasteiger partial charge in [0, 0.05) is 44.0 Å². The fourth-order valence-electron chi connectivity index (χ4n) is 3.26. The van der Waals surface area contributed by atoms with E-state index in [2.05, 4.69) is 15.1 Å². The van der Waals surface area contributed by atoms with Crippen LogP contribution in [0, 0.1) is 5.82 Å². The number of amides is 1.